The van der Waals surface area contributed by atoms with Crippen molar-refractivity contribution in [3.63, 3.8) is 0 Å². The molecule has 1 heterocycles. The maximum Gasteiger partial charge on any atom is 0.316 e. The first kappa shape index (κ1) is 12.6. The quantitative estimate of drug-likeness (QED) is 0.627. The molecule has 1 aromatic carbocycles. The van der Waals surface area contributed by atoms with Gasteiger partial charge >= 0.3 is 5.97 Å². The highest BCUT2D eigenvalue weighted by atomic mass is 35.5. The summed E-state index contributed by atoms with van der Waals surface area (Å²) in [5, 5.41) is 0.347. The molecular formula is C14H11ClNO2. The third kappa shape index (κ3) is 3.86. The van der Waals surface area contributed by atoms with E-state index < -0.39 is 5.97 Å². The topological polar surface area (TPSA) is 39.2 Å². The van der Waals surface area contributed by atoms with Crippen LogP contribution in [0.15, 0.2) is 48.5 Å². The molecule has 0 saturated carbocycles. The highest BCUT2D eigenvalue weighted by molar-refractivity contribution is 6.29. The minimum atomic E-state index is -0.436. The Kier molecular flexibility index (Phi) is 4.31. The summed E-state index contributed by atoms with van der Waals surface area (Å²) in [4.78, 5) is 15.5. The zero-order valence-electron chi connectivity index (χ0n) is 9.54. The first-order chi connectivity index (χ1) is 8.74. The molecule has 0 unspecified atom stereocenters. The molecule has 1 radical (unpaired) electrons. The number of hydrogen-bond donors (Lipinski definition) is 0. The summed E-state index contributed by atoms with van der Waals surface area (Å²) in [6.07, 6.45) is 1.31. The van der Waals surface area contributed by atoms with Crippen LogP contribution in [0.2, 0.25) is 5.15 Å². The van der Waals surface area contributed by atoms with Gasteiger partial charge in [-0.15, -0.1) is 0 Å². The van der Waals surface area contributed by atoms with Gasteiger partial charge in [-0.25, -0.2) is 4.98 Å². The van der Waals surface area contributed by atoms with E-state index in [-0.39, 0.29) is 6.61 Å². The van der Waals surface area contributed by atoms with Crippen LogP contribution in [0.5, 0.6) is 0 Å². The largest absolute Gasteiger partial charge is 0.460 e. The molecule has 1 aromatic heterocycles. The van der Waals surface area contributed by atoms with Crippen molar-refractivity contribution in [2.45, 2.75) is 6.61 Å². The number of halogens is 1. The van der Waals surface area contributed by atoms with Crippen LogP contribution in [0.4, 0.5) is 0 Å². The van der Waals surface area contributed by atoms with Gasteiger partial charge in [-0.3, -0.25) is 4.79 Å². The molecule has 0 fully saturated rings. The van der Waals surface area contributed by atoms with Gasteiger partial charge in [0.25, 0.3) is 0 Å². The molecule has 0 aliphatic heterocycles. The van der Waals surface area contributed by atoms with E-state index in [2.05, 4.69) is 4.98 Å². The summed E-state index contributed by atoms with van der Waals surface area (Å²) in [7, 11) is 0. The maximum absolute atomic E-state index is 11.5. The molecule has 0 atom stereocenters. The number of carbonyl (C=O) groups is 1. The van der Waals surface area contributed by atoms with Crippen LogP contribution in [0.1, 0.15) is 11.3 Å². The van der Waals surface area contributed by atoms with Crippen molar-refractivity contribution in [1.82, 2.24) is 4.98 Å². The molecule has 0 amide bonds. The molecule has 3 nitrogen and oxygen atoms in total. The van der Waals surface area contributed by atoms with E-state index in [1.807, 2.05) is 30.3 Å². The van der Waals surface area contributed by atoms with Crippen LogP contribution in [-0.4, -0.2) is 11.0 Å². The fourth-order valence-corrected chi connectivity index (χ4v) is 1.57. The molecule has 2 rings (SSSR count). The number of pyridine rings is 1. The second-order valence-corrected chi connectivity index (χ2v) is 4.01. The van der Waals surface area contributed by atoms with Gasteiger partial charge in [0, 0.05) is 0 Å². The molecule has 0 bridgehead atoms. The van der Waals surface area contributed by atoms with Crippen molar-refractivity contribution in [2.75, 3.05) is 0 Å². The standard InChI is InChI=1S/C14H11ClNO2/c15-13-8-4-7-12(16-13)9-14(17)18-10-11-5-2-1-3-6-11/h1-9H,10H2. The van der Waals surface area contributed by atoms with E-state index in [9.17, 15) is 4.79 Å². The van der Waals surface area contributed by atoms with Crippen molar-refractivity contribution < 1.29 is 9.53 Å². The monoisotopic (exact) mass is 260 g/mol. The highest BCUT2D eigenvalue weighted by Gasteiger charge is 2.07. The number of ether oxygens (including phenoxy) is 1. The maximum atomic E-state index is 11.5. The van der Waals surface area contributed by atoms with E-state index >= 15 is 0 Å². The van der Waals surface area contributed by atoms with Gasteiger partial charge in [-0.05, 0) is 17.7 Å². The number of nitrogens with zero attached hydrogens (tertiary/aromatic N) is 1. The second-order valence-electron chi connectivity index (χ2n) is 3.62. The lowest BCUT2D eigenvalue weighted by Gasteiger charge is -2.04. The number of carbonyl (C=O) groups excluding carboxylic acids is 1. The molecule has 4 heteroatoms. The lowest BCUT2D eigenvalue weighted by molar-refractivity contribution is -0.140. The smallest absolute Gasteiger partial charge is 0.316 e. The fraction of sp³-hybridized carbons (Fsp3) is 0.0714. The van der Waals surface area contributed by atoms with Gasteiger partial charge in [0.15, 0.2) is 0 Å². The third-order valence-electron chi connectivity index (χ3n) is 2.23. The zero-order valence-corrected chi connectivity index (χ0v) is 10.3. The Morgan fingerprint density at radius 1 is 1.17 bits per heavy atom. The Morgan fingerprint density at radius 2 is 1.94 bits per heavy atom. The Balaban J connectivity index is 1.86. The second kappa shape index (κ2) is 6.17. The number of hydrogen-bond acceptors (Lipinski definition) is 3. The summed E-state index contributed by atoms with van der Waals surface area (Å²) >= 11 is 5.72. The predicted molar refractivity (Wildman–Crippen MR) is 68.9 cm³/mol. The molecule has 91 valence electrons. The van der Waals surface area contributed by atoms with Gasteiger partial charge in [0.05, 0.1) is 5.69 Å². The van der Waals surface area contributed by atoms with Gasteiger partial charge in [-0.2, -0.15) is 0 Å². The number of esters is 1. The van der Waals surface area contributed by atoms with E-state index in [0.29, 0.717) is 10.8 Å². The summed E-state index contributed by atoms with van der Waals surface area (Å²) < 4.78 is 5.09. The van der Waals surface area contributed by atoms with E-state index in [1.165, 1.54) is 6.42 Å². The first-order valence-corrected chi connectivity index (χ1v) is 5.80. The average molecular weight is 261 g/mol. The van der Waals surface area contributed by atoms with Crippen LogP contribution in [0.3, 0.4) is 0 Å². The molecule has 0 N–H and O–H groups in total. The predicted octanol–water partition coefficient (Wildman–Crippen LogP) is 3.03. The third-order valence-corrected chi connectivity index (χ3v) is 2.44. The minimum Gasteiger partial charge on any atom is -0.460 e. The number of rotatable bonds is 4. The zero-order chi connectivity index (χ0) is 12.8. The molecule has 0 aliphatic carbocycles. The van der Waals surface area contributed by atoms with E-state index in [0.717, 1.165) is 5.56 Å². The summed E-state index contributed by atoms with van der Waals surface area (Å²) in [5.41, 5.74) is 1.43. The van der Waals surface area contributed by atoms with Gasteiger partial charge in [0.1, 0.15) is 18.2 Å². The first-order valence-electron chi connectivity index (χ1n) is 5.42. The van der Waals surface area contributed by atoms with Gasteiger partial charge < -0.3 is 4.74 Å². The van der Waals surface area contributed by atoms with Crippen molar-refractivity contribution in [2.24, 2.45) is 0 Å². The molecule has 0 aliphatic rings. The van der Waals surface area contributed by atoms with E-state index in [1.54, 1.807) is 18.2 Å². The Hall–Kier alpha value is -1.87. The van der Waals surface area contributed by atoms with Crippen LogP contribution < -0.4 is 0 Å². The van der Waals surface area contributed by atoms with Crippen molar-refractivity contribution in [3.05, 3.63) is 71.4 Å². The molecule has 18 heavy (non-hydrogen) atoms. The molecular weight excluding hydrogens is 250 g/mol. The average Bonchev–Trinajstić information content (AvgIpc) is 2.38. The normalized spacial score (nSPS) is 10.1. The summed E-state index contributed by atoms with van der Waals surface area (Å²) in [6, 6.07) is 14.6. The van der Waals surface area contributed by atoms with Crippen LogP contribution >= 0.6 is 11.6 Å². The van der Waals surface area contributed by atoms with E-state index in [4.69, 9.17) is 16.3 Å². The lowest BCUT2D eigenvalue weighted by Crippen LogP contribution is -2.06. The van der Waals surface area contributed by atoms with Crippen LogP contribution in [-0.2, 0) is 16.1 Å². The Labute approximate surface area is 110 Å². The SMILES string of the molecule is O=C([CH]c1cccc(Cl)n1)OCc1ccccc1. The van der Waals surface area contributed by atoms with Crippen LogP contribution in [0.25, 0.3) is 0 Å². The molecule has 2 aromatic rings. The summed E-state index contributed by atoms with van der Waals surface area (Å²) in [5.74, 6) is -0.436. The highest BCUT2D eigenvalue weighted by Crippen LogP contribution is 2.08. The Morgan fingerprint density at radius 3 is 2.67 bits per heavy atom. The van der Waals surface area contributed by atoms with Crippen molar-refractivity contribution in [1.29, 1.82) is 0 Å². The van der Waals surface area contributed by atoms with Gasteiger partial charge in [-0.1, -0.05) is 48.0 Å². The molecule has 0 saturated heterocycles. The lowest BCUT2D eigenvalue weighted by atomic mass is 10.2. The molecule has 0 spiro atoms. The number of benzene rings is 1. The van der Waals surface area contributed by atoms with Crippen molar-refractivity contribution in [3.8, 4) is 0 Å². The minimum absolute atomic E-state index is 0.247. The van der Waals surface area contributed by atoms with Crippen LogP contribution in [0, 0.1) is 6.42 Å². The van der Waals surface area contributed by atoms with Gasteiger partial charge in [0.2, 0.25) is 0 Å². The number of aromatic nitrogens is 1. The van der Waals surface area contributed by atoms with Crippen molar-refractivity contribution >= 4 is 17.6 Å². The summed E-state index contributed by atoms with van der Waals surface area (Å²) in [6.45, 7) is 0.247. The fourth-order valence-electron chi connectivity index (χ4n) is 1.40. The Bertz CT molecular complexity index is 528.